The van der Waals surface area contributed by atoms with Gasteiger partial charge in [-0.1, -0.05) is 6.08 Å². The predicted molar refractivity (Wildman–Crippen MR) is 37.1 cm³/mol. The lowest BCUT2D eigenvalue weighted by atomic mass is 10.1. The third kappa shape index (κ3) is 2.63. The summed E-state index contributed by atoms with van der Waals surface area (Å²) in [6.45, 7) is 5.19. The molecular formula is C7H14O2. The van der Waals surface area contributed by atoms with Crippen LogP contribution < -0.4 is 0 Å². The minimum atomic E-state index is -0.699. The van der Waals surface area contributed by atoms with Gasteiger partial charge in [0.25, 0.3) is 0 Å². The molecule has 0 aliphatic heterocycles. The Labute approximate surface area is 55.8 Å². The summed E-state index contributed by atoms with van der Waals surface area (Å²) in [6.07, 6.45) is 0.424. The highest BCUT2D eigenvalue weighted by molar-refractivity contribution is 5.04. The second kappa shape index (κ2) is 3.64. The molecule has 0 amide bonds. The molecule has 0 spiro atoms. The number of rotatable bonds is 2. The van der Waals surface area contributed by atoms with E-state index < -0.39 is 12.2 Å². The molecule has 0 aliphatic carbocycles. The lowest BCUT2D eigenvalue weighted by Crippen LogP contribution is -2.23. The highest BCUT2D eigenvalue weighted by Crippen LogP contribution is 2.04. The van der Waals surface area contributed by atoms with Crippen molar-refractivity contribution in [1.82, 2.24) is 0 Å². The van der Waals surface area contributed by atoms with Crippen LogP contribution >= 0.6 is 0 Å². The molecule has 0 fully saturated rings. The van der Waals surface area contributed by atoms with Gasteiger partial charge in [-0.25, -0.2) is 0 Å². The van der Waals surface area contributed by atoms with Crippen LogP contribution in [0.5, 0.6) is 0 Å². The van der Waals surface area contributed by atoms with Gasteiger partial charge in [0.05, 0.1) is 6.10 Å². The molecule has 0 aliphatic rings. The molecule has 2 unspecified atom stereocenters. The average molecular weight is 130 g/mol. The molecule has 2 atom stereocenters. The van der Waals surface area contributed by atoms with Crippen molar-refractivity contribution in [3.63, 3.8) is 0 Å². The molecule has 0 saturated carbocycles. The number of hydrogen-bond acceptors (Lipinski definition) is 2. The summed E-state index contributed by atoms with van der Waals surface area (Å²) in [6, 6.07) is 0. The van der Waals surface area contributed by atoms with E-state index in [0.717, 1.165) is 5.57 Å². The van der Waals surface area contributed by atoms with Crippen LogP contribution in [-0.4, -0.2) is 22.4 Å². The van der Waals surface area contributed by atoms with Crippen LogP contribution in [0, 0.1) is 0 Å². The van der Waals surface area contributed by atoms with Gasteiger partial charge in [0.1, 0.15) is 6.10 Å². The molecule has 0 radical (unpaired) electrons. The van der Waals surface area contributed by atoms with Gasteiger partial charge in [-0.3, -0.25) is 0 Å². The van der Waals surface area contributed by atoms with Crippen molar-refractivity contribution >= 4 is 0 Å². The van der Waals surface area contributed by atoms with Crippen LogP contribution in [0.15, 0.2) is 11.6 Å². The molecule has 2 N–H and O–H groups in total. The van der Waals surface area contributed by atoms with Crippen molar-refractivity contribution in [2.24, 2.45) is 0 Å². The molecule has 2 heteroatoms. The van der Waals surface area contributed by atoms with E-state index in [-0.39, 0.29) is 0 Å². The first-order chi connectivity index (χ1) is 4.09. The van der Waals surface area contributed by atoms with E-state index in [9.17, 15) is 0 Å². The summed E-state index contributed by atoms with van der Waals surface area (Å²) in [5.74, 6) is 0. The fourth-order valence-corrected chi connectivity index (χ4v) is 0.551. The number of aliphatic hydroxyl groups is 2. The average Bonchev–Trinajstić information content (AvgIpc) is 1.84. The van der Waals surface area contributed by atoms with Gasteiger partial charge in [0.15, 0.2) is 0 Å². The Morgan fingerprint density at radius 2 is 1.89 bits per heavy atom. The molecular weight excluding hydrogens is 116 g/mol. The Kier molecular flexibility index (Phi) is 3.50. The van der Waals surface area contributed by atoms with E-state index >= 15 is 0 Å². The standard InChI is InChI=1S/C7H14O2/c1-4-5(2)7(9)6(3)8/h4,6-9H,1-3H3/b5-4-. The van der Waals surface area contributed by atoms with Crippen molar-refractivity contribution < 1.29 is 10.2 Å². The number of allylic oxidation sites excluding steroid dienone is 1. The van der Waals surface area contributed by atoms with Gasteiger partial charge in [0, 0.05) is 0 Å². The third-order valence-corrected chi connectivity index (χ3v) is 1.38. The number of aliphatic hydroxyl groups excluding tert-OH is 2. The topological polar surface area (TPSA) is 40.5 Å². The molecule has 0 bridgehead atoms. The largest absolute Gasteiger partial charge is 0.390 e. The minimum absolute atomic E-state index is 0.666. The molecule has 54 valence electrons. The maximum Gasteiger partial charge on any atom is 0.100 e. The Morgan fingerprint density at radius 3 is 2.00 bits per heavy atom. The van der Waals surface area contributed by atoms with E-state index in [0.29, 0.717) is 0 Å². The molecule has 0 aromatic heterocycles. The Bertz CT molecular complexity index is 105. The van der Waals surface area contributed by atoms with Crippen molar-refractivity contribution in [3.8, 4) is 0 Å². The summed E-state index contributed by atoms with van der Waals surface area (Å²) < 4.78 is 0. The smallest absolute Gasteiger partial charge is 0.100 e. The molecule has 0 rings (SSSR count). The van der Waals surface area contributed by atoms with Crippen LogP contribution in [0.2, 0.25) is 0 Å². The van der Waals surface area contributed by atoms with Crippen LogP contribution in [0.1, 0.15) is 20.8 Å². The Hall–Kier alpha value is -0.340. The molecule has 9 heavy (non-hydrogen) atoms. The zero-order valence-corrected chi connectivity index (χ0v) is 6.13. The van der Waals surface area contributed by atoms with Gasteiger partial charge >= 0.3 is 0 Å². The van der Waals surface area contributed by atoms with E-state index in [1.807, 2.05) is 6.92 Å². The van der Waals surface area contributed by atoms with Crippen LogP contribution in [-0.2, 0) is 0 Å². The summed E-state index contributed by atoms with van der Waals surface area (Å²) in [5.41, 5.74) is 0.810. The van der Waals surface area contributed by atoms with E-state index in [2.05, 4.69) is 0 Å². The van der Waals surface area contributed by atoms with Crippen molar-refractivity contribution in [1.29, 1.82) is 0 Å². The normalized spacial score (nSPS) is 19.4. The minimum Gasteiger partial charge on any atom is -0.390 e. The second-order valence-corrected chi connectivity index (χ2v) is 2.22. The van der Waals surface area contributed by atoms with Crippen molar-refractivity contribution in [3.05, 3.63) is 11.6 Å². The predicted octanol–water partition coefficient (Wildman–Crippen LogP) is 0.694. The molecule has 0 aromatic carbocycles. The maximum absolute atomic E-state index is 9.08. The van der Waals surface area contributed by atoms with Crippen LogP contribution in [0.4, 0.5) is 0 Å². The van der Waals surface area contributed by atoms with E-state index in [1.165, 1.54) is 0 Å². The second-order valence-electron chi connectivity index (χ2n) is 2.22. The molecule has 0 saturated heterocycles. The first kappa shape index (κ1) is 8.66. The van der Waals surface area contributed by atoms with Gasteiger partial charge in [-0.2, -0.15) is 0 Å². The first-order valence-corrected chi connectivity index (χ1v) is 3.08. The van der Waals surface area contributed by atoms with Crippen LogP contribution in [0.3, 0.4) is 0 Å². The summed E-state index contributed by atoms with van der Waals surface area (Å²) in [4.78, 5) is 0. The fraction of sp³-hybridized carbons (Fsp3) is 0.714. The van der Waals surface area contributed by atoms with E-state index in [1.54, 1.807) is 19.9 Å². The van der Waals surface area contributed by atoms with E-state index in [4.69, 9.17) is 10.2 Å². The van der Waals surface area contributed by atoms with Crippen LogP contribution in [0.25, 0.3) is 0 Å². The summed E-state index contributed by atoms with van der Waals surface area (Å²) in [5, 5.41) is 17.9. The monoisotopic (exact) mass is 130 g/mol. The highest BCUT2D eigenvalue weighted by atomic mass is 16.3. The Morgan fingerprint density at radius 1 is 1.44 bits per heavy atom. The fourth-order valence-electron chi connectivity index (χ4n) is 0.551. The molecule has 0 aromatic rings. The SMILES string of the molecule is C/C=C(/C)C(O)C(C)O. The van der Waals surface area contributed by atoms with Crippen molar-refractivity contribution in [2.75, 3.05) is 0 Å². The first-order valence-electron chi connectivity index (χ1n) is 3.08. The number of hydrogen-bond donors (Lipinski definition) is 2. The lowest BCUT2D eigenvalue weighted by molar-refractivity contribution is 0.0546. The van der Waals surface area contributed by atoms with Gasteiger partial charge < -0.3 is 10.2 Å². The molecule has 2 nitrogen and oxygen atoms in total. The lowest BCUT2D eigenvalue weighted by Gasteiger charge is -2.12. The third-order valence-electron chi connectivity index (χ3n) is 1.38. The zero-order chi connectivity index (χ0) is 7.44. The summed E-state index contributed by atoms with van der Waals surface area (Å²) in [7, 11) is 0. The van der Waals surface area contributed by atoms with Crippen molar-refractivity contribution in [2.45, 2.75) is 33.0 Å². The zero-order valence-electron chi connectivity index (χ0n) is 6.13. The highest BCUT2D eigenvalue weighted by Gasteiger charge is 2.10. The van der Waals surface area contributed by atoms with Gasteiger partial charge in [-0.15, -0.1) is 0 Å². The maximum atomic E-state index is 9.08. The quantitative estimate of drug-likeness (QED) is 0.540. The molecule has 0 heterocycles. The van der Waals surface area contributed by atoms with Gasteiger partial charge in [0.2, 0.25) is 0 Å². The van der Waals surface area contributed by atoms with Gasteiger partial charge in [-0.05, 0) is 26.3 Å². The Balaban J connectivity index is 3.88. The summed E-state index contributed by atoms with van der Waals surface area (Å²) >= 11 is 0.